The lowest BCUT2D eigenvalue weighted by atomic mass is 9.94. The van der Waals surface area contributed by atoms with Crippen molar-refractivity contribution in [3.8, 4) is 11.4 Å². The van der Waals surface area contributed by atoms with Crippen molar-refractivity contribution in [1.29, 1.82) is 0 Å². The predicted octanol–water partition coefficient (Wildman–Crippen LogP) is 3.10. The number of carbonyl (C=O) groups is 1. The molecule has 0 saturated carbocycles. The second-order valence-electron chi connectivity index (χ2n) is 8.11. The number of aromatic amines is 1. The molecule has 0 bridgehead atoms. The molecule has 1 aromatic carbocycles. The Balaban J connectivity index is 1.35. The van der Waals surface area contributed by atoms with E-state index in [4.69, 9.17) is 4.98 Å². The van der Waals surface area contributed by atoms with Gasteiger partial charge in [-0.05, 0) is 38.5 Å². The number of amides is 1. The fourth-order valence-electron chi connectivity index (χ4n) is 4.65. The Morgan fingerprint density at radius 3 is 2.83 bits per heavy atom. The van der Waals surface area contributed by atoms with Crippen molar-refractivity contribution in [1.82, 2.24) is 29.9 Å². The summed E-state index contributed by atoms with van der Waals surface area (Å²) in [6.45, 7) is 1.44. The topological polar surface area (TPSA) is 79.7 Å². The number of piperidine rings is 1. The molecule has 1 N–H and O–H groups in total. The van der Waals surface area contributed by atoms with E-state index in [1.54, 1.807) is 0 Å². The van der Waals surface area contributed by atoms with Gasteiger partial charge in [0.1, 0.15) is 5.82 Å². The Morgan fingerprint density at radius 1 is 1.14 bits per heavy atom. The van der Waals surface area contributed by atoms with Crippen LogP contribution in [0.2, 0.25) is 0 Å². The lowest BCUT2D eigenvalue weighted by Gasteiger charge is -2.31. The number of nitrogens with zero attached hydrogens (tertiary/aromatic N) is 5. The number of hydrogen-bond acceptors (Lipinski definition) is 4. The average molecular weight is 390 g/mol. The van der Waals surface area contributed by atoms with Gasteiger partial charge in [0.25, 0.3) is 5.91 Å². The van der Waals surface area contributed by atoms with Crippen LogP contribution in [-0.2, 0) is 19.9 Å². The Bertz CT molecular complexity index is 1020. The fourth-order valence-corrected chi connectivity index (χ4v) is 4.65. The number of H-pyrrole nitrogens is 1. The third kappa shape index (κ3) is 3.34. The predicted molar refractivity (Wildman–Crippen MR) is 110 cm³/mol. The molecule has 2 aromatic heterocycles. The lowest BCUT2D eigenvalue weighted by Crippen LogP contribution is -2.40. The maximum absolute atomic E-state index is 13.3. The molecular formula is C22H26N6O. The van der Waals surface area contributed by atoms with Gasteiger partial charge in [0, 0.05) is 42.9 Å². The zero-order valence-corrected chi connectivity index (χ0v) is 16.8. The zero-order chi connectivity index (χ0) is 19.8. The molecular weight excluding hydrogens is 364 g/mol. The zero-order valence-electron chi connectivity index (χ0n) is 16.8. The molecule has 1 amide bonds. The minimum absolute atomic E-state index is 0.0660. The monoisotopic (exact) mass is 390 g/mol. The van der Waals surface area contributed by atoms with Crippen LogP contribution in [0, 0.1) is 0 Å². The molecule has 29 heavy (non-hydrogen) atoms. The maximum atomic E-state index is 13.3. The number of nitrogens with one attached hydrogen (secondary N) is 1. The first-order valence-corrected chi connectivity index (χ1v) is 10.5. The van der Waals surface area contributed by atoms with Crippen molar-refractivity contribution >= 4 is 5.91 Å². The number of rotatable bonds is 3. The second kappa shape index (κ2) is 7.46. The van der Waals surface area contributed by atoms with Gasteiger partial charge in [-0.2, -0.15) is 10.2 Å². The van der Waals surface area contributed by atoms with Crippen LogP contribution in [0.5, 0.6) is 0 Å². The summed E-state index contributed by atoms with van der Waals surface area (Å²) in [4.78, 5) is 20.0. The minimum atomic E-state index is 0.0660. The second-order valence-corrected chi connectivity index (χ2v) is 8.11. The maximum Gasteiger partial charge on any atom is 0.274 e. The van der Waals surface area contributed by atoms with Crippen molar-refractivity contribution in [3.63, 3.8) is 0 Å². The Labute approximate surface area is 170 Å². The third-order valence-corrected chi connectivity index (χ3v) is 6.20. The molecule has 1 unspecified atom stereocenters. The summed E-state index contributed by atoms with van der Waals surface area (Å²) in [5.74, 6) is 1.82. The number of benzene rings is 1. The lowest BCUT2D eigenvalue weighted by molar-refractivity contribution is 0.0696. The summed E-state index contributed by atoms with van der Waals surface area (Å²) >= 11 is 0. The van der Waals surface area contributed by atoms with E-state index < -0.39 is 0 Å². The van der Waals surface area contributed by atoms with E-state index in [2.05, 4.69) is 15.3 Å². The quantitative estimate of drug-likeness (QED) is 0.745. The van der Waals surface area contributed by atoms with E-state index in [0.29, 0.717) is 18.1 Å². The highest BCUT2D eigenvalue weighted by atomic mass is 16.2. The molecule has 0 radical (unpaired) electrons. The van der Waals surface area contributed by atoms with E-state index in [1.807, 2.05) is 47.0 Å². The highest BCUT2D eigenvalue weighted by Crippen LogP contribution is 2.29. The number of hydrogen-bond donors (Lipinski definition) is 1. The molecule has 1 fully saturated rings. The van der Waals surface area contributed by atoms with E-state index in [9.17, 15) is 4.79 Å². The molecule has 150 valence electrons. The summed E-state index contributed by atoms with van der Waals surface area (Å²) in [6, 6.07) is 9.97. The molecule has 3 heterocycles. The van der Waals surface area contributed by atoms with Gasteiger partial charge < -0.3 is 4.90 Å². The van der Waals surface area contributed by atoms with Crippen LogP contribution in [0.25, 0.3) is 11.4 Å². The van der Waals surface area contributed by atoms with Gasteiger partial charge in [-0.1, -0.05) is 30.3 Å². The molecule has 1 aliphatic heterocycles. The Morgan fingerprint density at radius 2 is 1.97 bits per heavy atom. The standard InChI is InChI=1S/C22H26N6O/c1-27-18-12-6-5-11-17(18)19(26-27)22(29)28-13-7-10-16(14-28)21-23-20(24-25-21)15-8-3-2-4-9-15/h2-4,8-9,16H,5-7,10-14H2,1H3,(H,23,24,25). The molecule has 1 atom stereocenters. The molecule has 5 rings (SSSR count). The van der Waals surface area contributed by atoms with Gasteiger partial charge in [-0.15, -0.1) is 0 Å². The smallest absolute Gasteiger partial charge is 0.274 e. The molecule has 7 nitrogen and oxygen atoms in total. The fraction of sp³-hybridized carbons (Fsp3) is 0.455. The summed E-state index contributed by atoms with van der Waals surface area (Å²) in [6.07, 6.45) is 6.28. The van der Waals surface area contributed by atoms with Gasteiger partial charge in [0.15, 0.2) is 11.5 Å². The van der Waals surface area contributed by atoms with Crippen LogP contribution < -0.4 is 0 Å². The number of fused-ring (bicyclic) bond motifs is 1. The first-order chi connectivity index (χ1) is 14.2. The van der Waals surface area contributed by atoms with Gasteiger partial charge in [-0.25, -0.2) is 4.98 Å². The summed E-state index contributed by atoms with van der Waals surface area (Å²) in [5, 5.41) is 12.1. The molecule has 0 spiro atoms. The van der Waals surface area contributed by atoms with Crippen molar-refractivity contribution in [3.05, 3.63) is 53.1 Å². The molecule has 3 aromatic rings. The third-order valence-electron chi connectivity index (χ3n) is 6.20. The van der Waals surface area contributed by atoms with Gasteiger partial charge in [0.2, 0.25) is 0 Å². The highest BCUT2D eigenvalue weighted by Gasteiger charge is 2.31. The minimum Gasteiger partial charge on any atom is -0.337 e. The summed E-state index contributed by atoms with van der Waals surface area (Å²) < 4.78 is 1.91. The first kappa shape index (κ1) is 18.1. The van der Waals surface area contributed by atoms with E-state index in [0.717, 1.165) is 55.6 Å². The van der Waals surface area contributed by atoms with Crippen molar-refractivity contribution in [2.24, 2.45) is 7.05 Å². The van der Waals surface area contributed by atoms with Crippen molar-refractivity contribution in [2.75, 3.05) is 13.1 Å². The molecule has 7 heteroatoms. The summed E-state index contributed by atoms with van der Waals surface area (Å²) in [5.41, 5.74) is 4.05. The van der Waals surface area contributed by atoms with Crippen LogP contribution >= 0.6 is 0 Å². The number of aromatic nitrogens is 5. The van der Waals surface area contributed by atoms with E-state index in [1.165, 1.54) is 12.1 Å². The number of likely N-dealkylation sites (tertiary alicyclic amines) is 1. The number of aryl methyl sites for hydroxylation is 1. The van der Waals surface area contributed by atoms with E-state index >= 15 is 0 Å². The van der Waals surface area contributed by atoms with Crippen LogP contribution in [0.15, 0.2) is 30.3 Å². The first-order valence-electron chi connectivity index (χ1n) is 10.5. The van der Waals surface area contributed by atoms with Crippen LogP contribution in [0.3, 0.4) is 0 Å². The summed E-state index contributed by atoms with van der Waals surface area (Å²) in [7, 11) is 1.96. The normalized spacial score (nSPS) is 19.2. The van der Waals surface area contributed by atoms with E-state index in [-0.39, 0.29) is 11.8 Å². The molecule has 2 aliphatic rings. The SMILES string of the molecule is Cn1nc(C(=O)N2CCCC(c3nc(-c4ccccc4)n[nH]3)C2)c2c1CCCC2. The van der Waals surface area contributed by atoms with Crippen LogP contribution in [-0.4, -0.2) is 48.9 Å². The Kier molecular flexibility index (Phi) is 4.66. The molecule has 1 aliphatic carbocycles. The largest absolute Gasteiger partial charge is 0.337 e. The van der Waals surface area contributed by atoms with Crippen molar-refractivity contribution in [2.45, 2.75) is 44.4 Å². The number of carbonyl (C=O) groups excluding carboxylic acids is 1. The van der Waals surface area contributed by atoms with Gasteiger partial charge >= 0.3 is 0 Å². The van der Waals surface area contributed by atoms with Crippen molar-refractivity contribution < 1.29 is 4.79 Å². The van der Waals surface area contributed by atoms with Gasteiger partial charge in [-0.3, -0.25) is 14.6 Å². The average Bonchev–Trinajstić information content (AvgIpc) is 3.40. The van der Waals surface area contributed by atoms with Gasteiger partial charge in [0.05, 0.1) is 0 Å². The highest BCUT2D eigenvalue weighted by molar-refractivity contribution is 5.94. The van der Waals surface area contributed by atoms with Crippen LogP contribution in [0.1, 0.15) is 59.2 Å². The Hall–Kier alpha value is -2.96. The molecule has 1 saturated heterocycles. The van der Waals surface area contributed by atoms with Crippen LogP contribution in [0.4, 0.5) is 0 Å².